The number of anilines is 1. The molecule has 1 aliphatic rings. The van der Waals surface area contributed by atoms with Gasteiger partial charge < -0.3 is 9.47 Å². The lowest BCUT2D eigenvalue weighted by Gasteiger charge is -2.34. The predicted molar refractivity (Wildman–Crippen MR) is 122 cm³/mol. The van der Waals surface area contributed by atoms with Crippen molar-refractivity contribution in [2.75, 3.05) is 31.1 Å². The molecule has 0 bridgehead atoms. The highest BCUT2D eigenvalue weighted by molar-refractivity contribution is 7.71. The topological polar surface area (TPSA) is 55.0 Å². The average Bonchev–Trinajstić information content (AvgIpc) is 3.03. The van der Waals surface area contributed by atoms with Crippen LogP contribution >= 0.6 is 12.2 Å². The van der Waals surface area contributed by atoms with Crippen LogP contribution in [-0.2, 0) is 19.1 Å². The van der Waals surface area contributed by atoms with Crippen LogP contribution in [0.4, 0.5) is 5.82 Å². The summed E-state index contributed by atoms with van der Waals surface area (Å²) in [5, 5.41) is 4.84. The minimum absolute atomic E-state index is 0.136. The van der Waals surface area contributed by atoms with Crippen LogP contribution in [0.25, 0.3) is 11.4 Å². The zero-order chi connectivity index (χ0) is 21.3. The van der Waals surface area contributed by atoms with E-state index >= 15 is 0 Å². The first-order valence-electron chi connectivity index (χ1n) is 10.3. The summed E-state index contributed by atoms with van der Waals surface area (Å²) in [5.41, 5.74) is 2.53. The van der Waals surface area contributed by atoms with Crippen molar-refractivity contribution in [3.05, 3.63) is 53.2 Å². The first-order chi connectivity index (χ1) is 14.3. The number of aromatic nitrogens is 5. The molecule has 4 rings (SSSR count). The summed E-state index contributed by atoms with van der Waals surface area (Å²) in [4.78, 5) is 13.2. The number of nitrogens with zero attached hydrogens (tertiary/aromatic N) is 7. The van der Waals surface area contributed by atoms with Gasteiger partial charge in [-0.15, -0.1) is 0 Å². The Morgan fingerprint density at radius 2 is 1.70 bits per heavy atom. The lowest BCUT2D eigenvalue weighted by Crippen LogP contribution is -2.47. The lowest BCUT2D eigenvalue weighted by atomic mass is 9.87. The molecule has 3 aromatic rings. The highest BCUT2D eigenvalue weighted by Gasteiger charge is 2.20. The predicted octanol–water partition coefficient (Wildman–Crippen LogP) is 3.49. The van der Waals surface area contributed by atoms with E-state index in [0.717, 1.165) is 48.2 Å². The SMILES string of the molecule is Cn1c(-c2ccc(C(C)(C)C)cc2)nn(CN2CCN(c3cnccn3)CC2)c1=S. The largest absolute Gasteiger partial charge is 0.353 e. The Morgan fingerprint density at radius 3 is 2.30 bits per heavy atom. The zero-order valence-corrected chi connectivity index (χ0v) is 18.9. The second kappa shape index (κ2) is 8.28. The van der Waals surface area contributed by atoms with E-state index in [9.17, 15) is 0 Å². The molecule has 0 radical (unpaired) electrons. The van der Waals surface area contributed by atoms with Gasteiger partial charge in [0.1, 0.15) is 5.82 Å². The fraction of sp³-hybridized carbons (Fsp3) is 0.455. The van der Waals surface area contributed by atoms with Crippen molar-refractivity contribution >= 4 is 18.0 Å². The summed E-state index contributed by atoms with van der Waals surface area (Å²) in [6.07, 6.45) is 5.27. The normalized spacial score (nSPS) is 15.5. The summed E-state index contributed by atoms with van der Waals surface area (Å²) in [6, 6.07) is 8.65. The van der Waals surface area contributed by atoms with Crippen LogP contribution < -0.4 is 4.90 Å². The number of rotatable bonds is 4. The van der Waals surface area contributed by atoms with Gasteiger partial charge in [-0.25, -0.2) is 9.67 Å². The van der Waals surface area contributed by atoms with Gasteiger partial charge in [-0.1, -0.05) is 45.0 Å². The third-order valence-electron chi connectivity index (χ3n) is 5.63. The molecule has 1 fully saturated rings. The summed E-state index contributed by atoms with van der Waals surface area (Å²) in [5.74, 6) is 1.84. The molecule has 0 spiro atoms. The molecule has 30 heavy (non-hydrogen) atoms. The Labute approximate surface area is 183 Å². The van der Waals surface area contributed by atoms with Gasteiger partial charge in [0.15, 0.2) is 10.6 Å². The summed E-state index contributed by atoms with van der Waals surface area (Å²) < 4.78 is 4.67. The lowest BCUT2D eigenvalue weighted by molar-refractivity contribution is 0.194. The first kappa shape index (κ1) is 20.7. The molecule has 7 nitrogen and oxygen atoms in total. The fourth-order valence-electron chi connectivity index (χ4n) is 3.71. The Kier molecular flexibility index (Phi) is 5.71. The maximum atomic E-state index is 5.68. The maximum Gasteiger partial charge on any atom is 0.199 e. The van der Waals surface area contributed by atoms with E-state index in [-0.39, 0.29) is 5.41 Å². The van der Waals surface area contributed by atoms with E-state index in [4.69, 9.17) is 17.3 Å². The van der Waals surface area contributed by atoms with Gasteiger partial charge in [0.05, 0.1) is 12.9 Å². The standard InChI is InChI=1S/C22H29N7S/c1-22(2,3)18-7-5-17(6-8-18)20-25-29(21(30)26(20)4)16-27-11-13-28(14-12-27)19-15-23-9-10-24-19/h5-10,15H,11-14,16H2,1-4H3. The van der Waals surface area contributed by atoms with Gasteiger partial charge in [-0.3, -0.25) is 9.88 Å². The molecule has 1 aliphatic heterocycles. The maximum absolute atomic E-state index is 5.68. The van der Waals surface area contributed by atoms with Gasteiger partial charge in [0.2, 0.25) is 0 Å². The summed E-state index contributed by atoms with van der Waals surface area (Å²) in [7, 11) is 1.99. The monoisotopic (exact) mass is 423 g/mol. The molecule has 0 unspecified atom stereocenters. The summed E-state index contributed by atoms with van der Waals surface area (Å²) >= 11 is 5.68. The van der Waals surface area contributed by atoms with E-state index in [0.29, 0.717) is 6.67 Å². The molecule has 158 valence electrons. The Hall–Kier alpha value is -2.58. The number of benzene rings is 1. The molecule has 0 aliphatic carbocycles. The molecule has 3 heterocycles. The van der Waals surface area contributed by atoms with Crippen LogP contribution in [-0.4, -0.2) is 55.4 Å². The minimum atomic E-state index is 0.136. The molecule has 2 aromatic heterocycles. The van der Waals surface area contributed by atoms with Crippen LogP contribution in [0.3, 0.4) is 0 Å². The highest BCUT2D eigenvalue weighted by Crippen LogP contribution is 2.25. The minimum Gasteiger partial charge on any atom is -0.353 e. The van der Waals surface area contributed by atoms with Gasteiger partial charge >= 0.3 is 0 Å². The Bertz CT molecular complexity index is 1040. The third kappa shape index (κ3) is 4.29. The zero-order valence-electron chi connectivity index (χ0n) is 18.1. The molecule has 8 heteroatoms. The molecule has 0 amide bonds. The Morgan fingerprint density at radius 1 is 1.00 bits per heavy atom. The molecule has 0 atom stereocenters. The van der Waals surface area contributed by atoms with Gasteiger partial charge in [0, 0.05) is 51.2 Å². The van der Waals surface area contributed by atoms with Crippen molar-refractivity contribution in [3.8, 4) is 11.4 Å². The molecule has 1 aromatic carbocycles. The van der Waals surface area contributed by atoms with Crippen LogP contribution in [0.2, 0.25) is 0 Å². The van der Waals surface area contributed by atoms with E-state index in [1.54, 1.807) is 12.4 Å². The van der Waals surface area contributed by atoms with Crippen LogP contribution in [0.15, 0.2) is 42.9 Å². The van der Waals surface area contributed by atoms with Crippen LogP contribution in [0.1, 0.15) is 26.3 Å². The van der Waals surface area contributed by atoms with Crippen LogP contribution in [0.5, 0.6) is 0 Å². The van der Waals surface area contributed by atoms with Crippen molar-refractivity contribution in [2.24, 2.45) is 7.05 Å². The molecular weight excluding hydrogens is 394 g/mol. The molecule has 0 N–H and O–H groups in total. The average molecular weight is 424 g/mol. The second-order valence-electron chi connectivity index (χ2n) is 8.80. The Balaban J connectivity index is 1.46. The van der Waals surface area contributed by atoms with E-state index in [1.807, 2.05) is 22.5 Å². The number of hydrogen-bond acceptors (Lipinski definition) is 6. The van der Waals surface area contributed by atoms with Gasteiger partial charge in [0.25, 0.3) is 0 Å². The quantitative estimate of drug-likeness (QED) is 0.599. The van der Waals surface area contributed by atoms with E-state index < -0.39 is 0 Å². The molecular formula is C22H29N7S. The van der Waals surface area contributed by atoms with Crippen molar-refractivity contribution in [1.82, 2.24) is 29.2 Å². The fourth-order valence-corrected chi connectivity index (χ4v) is 3.90. The number of hydrogen-bond donors (Lipinski definition) is 0. The second-order valence-corrected chi connectivity index (χ2v) is 9.17. The first-order valence-corrected chi connectivity index (χ1v) is 10.7. The van der Waals surface area contributed by atoms with E-state index in [1.165, 1.54) is 5.56 Å². The number of piperazine rings is 1. The highest BCUT2D eigenvalue weighted by atomic mass is 32.1. The van der Waals surface area contributed by atoms with Crippen molar-refractivity contribution in [2.45, 2.75) is 32.9 Å². The van der Waals surface area contributed by atoms with Crippen molar-refractivity contribution in [1.29, 1.82) is 0 Å². The summed E-state index contributed by atoms with van der Waals surface area (Å²) in [6.45, 7) is 11.1. The molecule has 0 saturated carbocycles. The van der Waals surface area contributed by atoms with E-state index in [2.05, 4.69) is 64.8 Å². The third-order valence-corrected chi connectivity index (χ3v) is 6.11. The van der Waals surface area contributed by atoms with Gasteiger partial charge in [-0.05, 0) is 23.2 Å². The van der Waals surface area contributed by atoms with Gasteiger partial charge in [-0.2, -0.15) is 5.10 Å². The van der Waals surface area contributed by atoms with Crippen molar-refractivity contribution in [3.63, 3.8) is 0 Å². The van der Waals surface area contributed by atoms with Crippen molar-refractivity contribution < 1.29 is 0 Å². The van der Waals surface area contributed by atoms with Crippen LogP contribution in [0, 0.1) is 4.77 Å². The molecule has 1 saturated heterocycles. The smallest absolute Gasteiger partial charge is 0.199 e.